The molecule has 0 fully saturated rings. The molecule has 0 radical (unpaired) electrons. The highest BCUT2D eigenvalue weighted by atomic mass is 32.2. The summed E-state index contributed by atoms with van der Waals surface area (Å²) in [6, 6.07) is 5.46. The van der Waals surface area contributed by atoms with Gasteiger partial charge in [0.25, 0.3) is 0 Å². The van der Waals surface area contributed by atoms with E-state index in [1.54, 1.807) is 6.07 Å². The summed E-state index contributed by atoms with van der Waals surface area (Å²) in [5.41, 5.74) is 2.30. The lowest BCUT2D eigenvalue weighted by Gasteiger charge is -2.12. The molecule has 0 aliphatic carbocycles. The number of aromatic nitrogens is 2. The Hall–Kier alpha value is -1.93. The predicted molar refractivity (Wildman–Crippen MR) is 98.6 cm³/mol. The highest BCUT2D eigenvalue weighted by Gasteiger charge is 2.11. The lowest BCUT2D eigenvalue weighted by molar-refractivity contribution is -0.119. The van der Waals surface area contributed by atoms with Gasteiger partial charge in [-0.25, -0.2) is 0 Å². The van der Waals surface area contributed by atoms with Gasteiger partial charge in [0, 0.05) is 17.3 Å². The van der Waals surface area contributed by atoms with Crippen LogP contribution < -0.4 is 10.6 Å². The topological polar surface area (TPSA) is 84.0 Å². The van der Waals surface area contributed by atoms with Gasteiger partial charge in [0.05, 0.1) is 5.75 Å². The molecule has 0 saturated heterocycles. The first-order valence-electron chi connectivity index (χ1n) is 7.49. The van der Waals surface area contributed by atoms with Crippen LogP contribution in [0, 0.1) is 19.8 Å². The summed E-state index contributed by atoms with van der Waals surface area (Å²) in [7, 11) is 0. The zero-order valence-electron chi connectivity index (χ0n) is 14.0. The van der Waals surface area contributed by atoms with E-state index in [0.717, 1.165) is 14.9 Å². The highest BCUT2D eigenvalue weighted by molar-refractivity contribution is 8.01. The van der Waals surface area contributed by atoms with Crippen LogP contribution in [-0.4, -0.2) is 27.8 Å². The lowest BCUT2D eigenvalue weighted by Crippen LogP contribution is -2.19. The second kappa shape index (κ2) is 8.25. The van der Waals surface area contributed by atoms with Gasteiger partial charge in [-0.15, -0.1) is 10.2 Å². The number of benzene rings is 1. The molecule has 128 valence electrons. The Kier molecular flexibility index (Phi) is 6.33. The van der Waals surface area contributed by atoms with Crippen LogP contribution in [0.1, 0.15) is 24.4 Å². The average Bonchev–Trinajstić information content (AvgIpc) is 2.94. The number of carbonyl (C=O) groups is 2. The van der Waals surface area contributed by atoms with Gasteiger partial charge in [0.15, 0.2) is 4.34 Å². The van der Waals surface area contributed by atoms with Crippen molar-refractivity contribution in [3.8, 4) is 0 Å². The minimum absolute atomic E-state index is 0.0521. The maximum absolute atomic E-state index is 12.1. The molecule has 24 heavy (non-hydrogen) atoms. The fourth-order valence-corrected chi connectivity index (χ4v) is 3.39. The van der Waals surface area contributed by atoms with Gasteiger partial charge in [-0.1, -0.05) is 43.0 Å². The number of carbonyl (C=O) groups excluding carboxylic acids is 2. The Bertz CT molecular complexity index is 743. The third-order valence-electron chi connectivity index (χ3n) is 3.14. The van der Waals surface area contributed by atoms with Crippen molar-refractivity contribution in [2.45, 2.75) is 32.0 Å². The van der Waals surface area contributed by atoms with Crippen molar-refractivity contribution in [3.63, 3.8) is 0 Å². The first kappa shape index (κ1) is 18.4. The quantitative estimate of drug-likeness (QED) is 0.767. The van der Waals surface area contributed by atoms with Crippen molar-refractivity contribution in [3.05, 3.63) is 28.8 Å². The monoisotopic (exact) mass is 364 g/mol. The first-order chi connectivity index (χ1) is 11.3. The molecule has 1 heterocycles. The van der Waals surface area contributed by atoms with Gasteiger partial charge in [0.2, 0.25) is 11.8 Å². The normalized spacial score (nSPS) is 10.7. The number of thioether (sulfide) groups is 1. The van der Waals surface area contributed by atoms with Crippen LogP contribution in [0.2, 0.25) is 0 Å². The number of anilines is 2. The summed E-state index contributed by atoms with van der Waals surface area (Å²) >= 11 is 2.82. The molecule has 0 aliphatic heterocycles. The van der Waals surface area contributed by atoms with E-state index in [4.69, 9.17) is 0 Å². The fraction of sp³-hybridized carbons (Fsp3) is 0.375. The van der Waals surface area contributed by atoms with E-state index in [9.17, 15) is 9.59 Å². The SMILES string of the molecule is Cc1nnc(SCC(=O)Nc2ccc(C)c(NC(=O)C(C)C)c2)s1. The summed E-state index contributed by atoms with van der Waals surface area (Å²) in [6.45, 7) is 7.46. The molecular weight excluding hydrogens is 344 g/mol. The third-order valence-corrected chi connectivity index (χ3v) is 5.11. The maximum Gasteiger partial charge on any atom is 0.234 e. The fourth-order valence-electron chi connectivity index (χ4n) is 1.77. The van der Waals surface area contributed by atoms with Gasteiger partial charge in [-0.2, -0.15) is 0 Å². The molecule has 1 aromatic carbocycles. The van der Waals surface area contributed by atoms with Crippen LogP contribution in [-0.2, 0) is 9.59 Å². The van der Waals surface area contributed by atoms with Crippen LogP contribution in [0.3, 0.4) is 0 Å². The number of nitrogens with one attached hydrogen (secondary N) is 2. The van der Waals surface area contributed by atoms with Crippen LogP contribution in [0.5, 0.6) is 0 Å². The smallest absolute Gasteiger partial charge is 0.234 e. The Labute approximate surface area is 149 Å². The van der Waals surface area contributed by atoms with Crippen LogP contribution in [0.25, 0.3) is 0 Å². The summed E-state index contributed by atoms with van der Waals surface area (Å²) in [6.07, 6.45) is 0. The van der Waals surface area contributed by atoms with E-state index in [1.807, 2.05) is 39.8 Å². The van der Waals surface area contributed by atoms with Crippen LogP contribution in [0.4, 0.5) is 11.4 Å². The molecule has 2 N–H and O–H groups in total. The van der Waals surface area contributed by atoms with Gasteiger partial charge in [-0.3, -0.25) is 9.59 Å². The Morgan fingerprint density at radius 3 is 2.58 bits per heavy atom. The molecule has 2 rings (SSSR count). The zero-order chi connectivity index (χ0) is 17.7. The van der Waals surface area contributed by atoms with Crippen molar-refractivity contribution in [2.24, 2.45) is 5.92 Å². The first-order valence-corrected chi connectivity index (χ1v) is 9.29. The second-order valence-electron chi connectivity index (χ2n) is 5.60. The lowest BCUT2D eigenvalue weighted by atomic mass is 10.1. The van der Waals surface area contributed by atoms with E-state index in [0.29, 0.717) is 11.4 Å². The Morgan fingerprint density at radius 2 is 1.96 bits per heavy atom. The number of rotatable bonds is 6. The Balaban J connectivity index is 1.96. The molecule has 0 saturated carbocycles. The van der Waals surface area contributed by atoms with E-state index in [-0.39, 0.29) is 23.5 Å². The van der Waals surface area contributed by atoms with Gasteiger partial charge in [-0.05, 0) is 31.5 Å². The molecular formula is C16H20N4O2S2. The molecule has 0 aliphatic rings. The van der Waals surface area contributed by atoms with Crippen molar-refractivity contribution in [1.29, 1.82) is 0 Å². The summed E-state index contributed by atoms with van der Waals surface area (Å²) in [5.74, 6) is -0.0213. The third kappa shape index (κ3) is 5.31. The minimum atomic E-state index is -0.127. The number of hydrogen-bond acceptors (Lipinski definition) is 6. The van der Waals surface area contributed by atoms with E-state index >= 15 is 0 Å². The van der Waals surface area contributed by atoms with E-state index < -0.39 is 0 Å². The summed E-state index contributed by atoms with van der Waals surface area (Å²) in [5, 5.41) is 14.5. The van der Waals surface area contributed by atoms with Crippen LogP contribution in [0.15, 0.2) is 22.5 Å². The molecule has 0 unspecified atom stereocenters. The minimum Gasteiger partial charge on any atom is -0.326 e. The number of nitrogens with zero attached hydrogens (tertiary/aromatic N) is 2. The van der Waals surface area contributed by atoms with Gasteiger partial charge < -0.3 is 10.6 Å². The average molecular weight is 364 g/mol. The van der Waals surface area contributed by atoms with Crippen molar-refractivity contribution in [1.82, 2.24) is 10.2 Å². The number of hydrogen-bond donors (Lipinski definition) is 2. The molecule has 2 aromatic rings. The van der Waals surface area contributed by atoms with Gasteiger partial charge >= 0.3 is 0 Å². The number of aryl methyl sites for hydroxylation is 2. The predicted octanol–water partition coefficient (Wildman–Crippen LogP) is 3.48. The summed E-state index contributed by atoms with van der Waals surface area (Å²) in [4.78, 5) is 23.9. The molecule has 8 heteroatoms. The van der Waals surface area contributed by atoms with Crippen molar-refractivity contribution < 1.29 is 9.59 Å². The van der Waals surface area contributed by atoms with Crippen molar-refractivity contribution >= 4 is 46.3 Å². The van der Waals surface area contributed by atoms with E-state index in [2.05, 4.69) is 20.8 Å². The molecule has 0 bridgehead atoms. The largest absolute Gasteiger partial charge is 0.326 e. The van der Waals surface area contributed by atoms with Crippen LogP contribution >= 0.6 is 23.1 Å². The second-order valence-corrected chi connectivity index (χ2v) is 8.00. The molecule has 0 atom stereocenters. The maximum atomic E-state index is 12.1. The van der Waals surface area contributed by atoms with Gasteiger partial charge in [0.1, 0.15) is 5.01 Å². The molecule has 0 spiro atoms. The molecule has 1 aromatic heterocycles. The highest BCUT2D eigenvalue weighted by Crippen LogP contribution is 2.23. The zero-order valence-corrected chi connectivity index (χ0v) is 15.7. The standard InChI is InChI=1S/C16H20N4O2S2/c1-9(2)15(22)18-13-7-12(6-5-10(13)3)17-14(21)8-23-16-20-19-11(4)24-16/h5-7,9H,8H2,1-4H3,(H,17,21)(H,18,22). The Morgan fingerprint density at radius 1 is 1.21 bits per heavy atom. The number of amides is 2. The molecule has 2 amide bonds. The molecule has 6 nitrogen and oxygen atoms in total. The van der Waals surface area contributed by atoms with E-state index in [1.165, 1.54) is 23.1 Å². The van der Waals surface area contributed by atoms with Crippen molar-refractivity contribution in [2.75, 3.05) is 16.4 Å². The summed E-state index contributed by atoms with van der Waals surface area (Å²) < 4.78 is 0.774.